The van der Waals surface area contributed by atoms with Crippen LogP contribution < -0.4 is 9.47 Å². The van der Waals surface area contributed by atoms with Crippen molar-refractivity contribution in [2.75, 3.05) is 34.5 Å². The van der Waals surface area contributed by atoms with Crippen LogP contribution >= 0.6 is 0 Å². The highest BCUT2D eigenvalue weighted by Crippen LogP contribution is 2.41. The first-order valence-electron chi connectivity index (χ1n) is 8.99. The van der Waals surface area contributed by atoms with Gasteiger partial charge in [0, 0.05) is 13.7 Å². The minimum Gasteiger partial charge on any atom is -0.503 e. The standard InChI is InChI=1S/C21H23NO7/c1-12-5-7-15(29-12)19(23)17-18(22(9-10-26-2)21(25)20(17)24)13-6-8-14(27-3)16(11-13)28-4/h5-8,11,18,24H,9-10H2,1-4H3/t18-/m0/s1. The lowest BCUT2D eigenvalue weighted by Gasteiger charge is -2.27. The maximum absolute atomic E-state index is 13.1. The van der Waals surface area contributed by atoms with E-state index in [1.807, 2.05) is 0 Å². The van der Waals surface area contributed by atoms with E-state index in [1.54, 1.807) is 31.2 Å². The first-order valence-corrected chi connectivity index (χ1v) is 8.99. The minimum absolute atomic E-state index is 0.0485. The number of ether oxygens (including phenoxy) is 3. The molecule has 2 heterocycles. The monoisotopic (exact) mass is 401 g/mol. The zero-order valence-corrected chi connectivity index (χ0v) is 16.7. The summed E-state index contributed by atoms with van der Waals surface area (Å²) in [4.78, 5) is 27.3. The Balaban J connectivity index is 2.11. The van der Waals surface area contributed by atoms with Crippen LogP contribution in [0.2, 0.25) is 0 Å². The van der Waals surface area contributed by atoms with Gasteiger partial charge in [-0.3, -0.25) is 9.59 Å². The fourth-order valence-electron chi connectivity index (χ4n) is 3.36. The molecule has 1 atom stereocenters. The smallest absolute Gasteiger partial charge is 0.290 e. The number of hydrogen-bond acceptors (Lipinski definition) is 7. The zero-order valence-electron chi connectivity index (χ0n) is 16.7. The molecule has 0 saturated heterocycles. The van der Waals surface area contributed by atoms with Crippen molar-refractivity contribution in [1.82, 2.24) is 4.90 Å². The van der Waals surface area contributed by atoms with Crippen LogP contribution in [0.25, 0.3) is 0 Å². The molecule has 0 spiro atoms. The summed E-state index contributed by atoms with van der Waals surface area (Å²) in [5, 5.41) is 10.6. The van der Waals surface area contributed by atoms with Crippen LogP contribution in [0.4, 0.5) is 0 Å². The first-order chi connectivity index (χ1) is 13.9. The molecule has 154 valence electrons. The number of carbonyl (C=O) groups is 2. The van der Waals surface area contributed by atoms with Crippen molar-refractivity contribution >= 4 is 11.7 Å². The van der Waals surface area contributed by atoms with Gasteiger partial charge in [0.2, 0.25) is 5.78 Å². The molecule has 2 aromatic rings. The summed E-state index contributed by atoms with van der Waals surface area (Å²) < 4.78 is 21.1. The lowest BCUT2D eigenvalue weighted by atomic mass is 9.94. The van der Waals surface area contributed by atoms with Crippen molar-refractivity contribution in [3.8, 4) is 11.5 Å². The third kappa shape index (κ3) is 3.71. The van der Waals surface area contributed by atoms with E-state index in [0.29, 0.717) is 22.8 Å². The predicted molar refractivity (Wildman–Crippen MR) is 103 cm³/mol. The molecule has 1 aliphatic rings. The summed E-state index contributed by atoms with van der Waals surface area (Å²) in [7, 11) is 4.52. The van der Waals surface area contributed by atoms with Crippen molar-refractivity contribution in [3.63, 3.8) is 0 Å². The van der Waals surface area contributed by atoms with Crippen molar-refractivity contribution < 1.29 is 33.3 Å². The van der Waals surface area contributed by atoms with Gasteiger partial charge in [0.05, 0.1) is 32.4 Å². The molecule has 0 saturated carbocycles. The molecule has 1 aromatic carbocycles. The van der Waals surface area contributed by atoms with Gasteiger partial charge < -0.3 is 28.6 Å². The fraction of sp³-hybridized carbons (Fsp3) is 0.333. The van der Waals surface area contributed by atoms with Crippen LogP contribution in [0, 0.1) is 6.92 Å². The zero-order chi connectivity index (χ0) is 21.1. The Morgan fingerprint density at radius 1 is 1.14 bits per heavy atom. The highest BCUT2D eigenvalue weighted by atomic mass is 16.5. The molecule has 29 heavy (non-hydrogen) atoms. The fourth-order valence-corrected chi connectivity index (χ4v) is 3.36. The Morgan fingerprint density at radius 2 is 1.86 bits per heavy atom. The van der Waals surface area contributed by atoms with Gasteiger partial charge in [0.15, 0.2) is 23.0 Å². The number of benzene rings is 1. The summed E-state index contributed by atoms with van der Waals surface area (Å²) in [6.07, 6.45) is 0. The van der Waals surface area contributed by atoms with Crippen LogP contribution in [0.1, 0.15) is 27.9 Å². The van der Waals surface area contributed by atoms with Gasteiger partial charge in [-0.15, -0.1) is 0 Å². The first kappa shape index (κ1) is 20.5. The molecule has 0 radical (unpaired) electrons. The van der Waals surface area contributed by atoms with Gasteiger partial charge in [0.1, 0.15) is 5.76 Å². The van der Waals surface area contributed by atoms with Crippen LogP contribution in [0.5, 0.6) is 11.5 Å². The van der Waals surface area contributed by atoms with Gasteiger partial charge in [0.25, 0.3) is 5.91 Å². The number of nitrogens with zero attached hydrogens (tertiary/aromatic N) is 1. The largest absolute Gasteiger partial charge is 0.503 e. The molecule has 3 rings (SSSR count). The molecule has 1 N–H and O–H groups in total. The number of amides is 1. The van der Waals surface area contributed by atoms with Crippen molar-refractivity contribution in [2.24, 2.45) is 0 Å². The molecule has 1 aliphatic heterocycles. The van der Waals surface area contributed by atoms with Gasteiger partial charge in [-0.1, -0.05) is 6.07 Å². The number of furan rings is 1. The molecular weight excluding hydrogens is 378 g/mol. The molecule has 1 amide bonds. The highest BCUT2D eigenvalue weighted by Gasteiger charge is 2.44. The second-order valence-corrected chi connectivity index (χ2v) is 6.51. The number of Topliss-reactive ketones (excluding diaryl/α,β-unsaturated/α-hetero) is 1. The topological polar surface area (TPSA) is 98.4 Å². The quantitative estimate of drug-likeness (QED) is 0.679. The average Bonchev–Trinajstić information content (AvgIpc) is 3.27. The SMILES string of the molecule is COCCN1C(=O)C(O)=C(C(=O)c2ccc(C)o2)[C@@H]1c1ccc(OC)c(OC)c1. The number of aliphatic hydroxyl groups excluding tert-OH is 1. The van der Waals surface area contributed by atoms with Gasteiger partial charge in [-0.2, -0.15) is 0 Å². The van der Waals surface area contributed by atoms with Crippen LogP contribution in [0.15, 0.2) is 46.1 Å². The van der Waals surface area contributed by atoms with Gasteiger partial charge >= 0.3 is 0 Å². The number of rotatable bonds is 8. The number of carbonyl (C=O) groups excluding carboxylic acids is 2. The second-order valence-electron chi connectivity index (χ2n) is 6.51. The molecule has 0 fully saturated rings. The summed E-state index contributed by atoms with van der Waals surface area (Å²) in [6.45, 7) is 2.14. The van der Waals surface area contributed by atoms with Crippen molar-refractivity contribution in [2.45, 2.75) is 13.0 Å². The number of hydrogen-bond donors (Lipinski definition) is 1. The Kier molecular flexibility index (Phi) is 5.93. The van der Waals surface area contributed by atoms with E-state index < -0.39 is 23.5 Å². The van der Waals surface area contributed by atoms with E-state index in [0.717, 1.165) is 0 Å². The second kappa shape index (κ2) is 8.40. The molecule has 0 aliphatic carbocycles. The van der Waals surface area contributed by atoms with Crippen LogP contribution in [0.3, 0.4) is 0 Å². The summed E-state index contributed by atoms with van der Waals surface area (Å²) in [5.74, 6) is -0.243. The van der Waals surface area contributed by atoms with Crippen LogP contribution in [-0.2, 0) is 9.53 Å². The number of aliphatic hydroxyl groups is 1. The minimum atomic E-state index is -0.824. The molecule has 0 unspecified atom stereocenters. The van der Waals surface area contributed by atoms with Gasteiger partial charge in [-0.25, -0.2) is 0 Å². The number of methoxy groups -OCH3 is 3. The van der Waals surface area contributed by atoms with E-state index in [-0.39, 0.29) is 24.5 Å². The van der Waals surface area contributed by atoms with E-state index in [9.17, 15) is 14.7 Å². The van der Waals surface area contributed by atoms with E-state index >= 15 is 0 Å². The summed E-state index contributed by atoms with van der Waals surface area (Å²) in [5.41, 5.74) is 0.537. The Morgan fingerprint density at radius 3 is 2.45 bits per heavy atom. The number of ketones is 1. The molecule has 0 bridgehead atoms. The third-order valence-electron chi connectivity index (χ3n) is 4.77. The molecule has 8 nitrogen and oxygen atoms in total. The summed E-state index contributed by atoms with van der Waals surface area (Å²) >= 11 is 0. The van der Waals surface area contributed by atoms with Crippen molar-refractivity contribution in [1.29, 1.82) is 0 Å². The highest BCUT2D eigenvalue weighted by molar-refractivity contribution is 6.15. The molecule has 1 aromatic heterocycles. The van der Waals surface area contributed by atoms with Gasteiger partial charge in [-0.05, 0) is 36.8 Å². The normalized spacial score (nSPS) is 16.5. The number of aryl methyl sites for hydroxylation is 1. The van der Waals surface area contributed by atoms with E-state index in [1.165, 1.54) is 32.3 Å². The predicted octanol–water partition coefficient (Wildman–Crippen LogP) is 2.83. The lowest BCUT2D eigenvalue weighted by molar-refractivity contribution is -0.130. The van der Waals surface area contributed by atoms with E-state index in [2.05, 4.69) is 0 Å². The maximum atomic E-state index is 13.1. The Bertz CT molecular complexity index is 960. The third-order valence-corrected chi connectivity index (χ3v) is 4.77. The Hall–Kier alpha value is -3.26. The molecule has 8 heteroatoms. The molecular formula is C21H23NO7. The Labute approximate surface area is 168 Å². The summed E-state index contributed by atoms with van der Waals surface area (Å²) in [6, 6.07) is 7.42. The average molecular weight is 401 g/mol. The van der Waals surface area contributed by atoms with Crippen molar-refractivity contribution in [3.05, 3.63) is 58.7 Å². The van der Waals surface area contributed by atoms with E-state index in [4.69, 9.17) is 18.6 Å². The lowest BCUT2D eigenvalue weighted by Crippen LogP contribution is -2.34. The van der Waals surface area contributed by atoms with Crippen LogP contribution in [-0.4, -0.2) is 56.2 Å². The maximum Gasteiger partial charge on any atom is 0.290 e.